The number of nitrogens with zero attached hydrogens (tertiary/aromatic N) is 2. The van der Waals surface area contributed by atoms with E-state index >= 15 is 0 Å². The standard InChI is InChI=1S/C5H8N3PS/c1-9-3-4-7-5(2-6)10-8-4/h1-3,6H2. The van der Waals surface area contributed by atoms with Crippen molar-refractivity contribution in [1.29, 1.82) is 0 Å². The number of hydrogen-bond donors (Lipinski definition) is 1. The summed E-state index contributed by atoms with van der Waals surface area (Å²) in [6, 6.07) is 0. The molecule has 0 atom stereocenters. The van der Waals surface area contributed by atoms with Crippen molar-refractivity contribution in [3.8, 4) is 0 Å². The Morgan fingerprint density at radius 1 is 1.70 bits per heavy atom. The molecule has 0 radical (unpaired) electrons. The molecule has 0 amide bonds. The first kappa shape index (κ1) is 7.79. The van der Waals surface area contributed by atoms with Crippen LogP contribution in [0.2, 0.25) is 0 Å². The number of rotatable bonds is 3. The molecule has 0 saturated heterocycles. The van der Waals surface area contributed by atoms with Crippen LogP contribution in [0.4, 0.5) is 0 Å². The fraction of sp³-hybridized carbons (Fsp3) is 0.400. The SMILES string of the molecule is C=PCc1nsc(CN)n1. The van der Waals surface area contributed by atoms with E-state index in [9.17, 15) is 0 Å². The Morgan fingerprint density at radius 2 is 2.50 bits per heavy atom. The van der Waals surface area contributed by atoms with E-state index in [4.69, 9.17) is 5.73 Å². The average Bonchev–Trinajstić information content (AvgIpc) is 2.37. The Hall–Kier alpha value is -0.310. The summed E-state index contributed by atoms with van der Waals surface area (Å²) >= 11 is 1.37. The van der Waals surface area contributed by atoms with Gasteiger partial charge >= 0.3 is 0 Å². The predicted octanol–water partition coefficient (Wildman–Crippen LogP) is 0.875. The van der Waals surface area contributed by atoms with Crippen molar-refractivity contribution in [3.63, 3.8) is 0 Å². The molecule has 0 saturated carbocycles. The van der Waals surface area contributed by atoms with Crippen LogP contribution < -0.4 is 5.73 Å². The van der Waals surface area contributed by atoms with Crippen molar-refractivity contribution in [2.45, 2.75) is 12.7 Å². The molecule has 0 spiro atoms. The fourth-order valence-electron chi connectivity index (χ4n) is 0.537. The Labute approximate surface area is 65.3 Å². The lowest BCUT2D eigenvalue weighted by Crippen LogP contribution is -1.94. The third-order valence-corrected chi connectivity index (χ3v) is 2.22. The monoisotopic (exact) mass is 173 g/mol. The van der Waals surface area contributed by atoms with Crippen molar-refractivity contribution in [1.82, 2.24) is 9.36 Å². The molecule has 0 fully saturated rings. The maximum Gasteiger partial charge on any atom is 0.150 e. The van der Waals surface area contributed by atoms with Gasteiger partial charge in [-0.3, -0.25) is 0 Å². The Kier molecular flexibility index (Phi) is 2.93. The van der Waals surface area contributed by atoms with Gasteiger partial charge in [0.1, 0.15) is 5.01 Å². The molecule has 1 rings (SSSR count). The molecule has 10 heavy (non-hydrogen) atoms. The lowest BCUT2D eigenvalue weighted by molar-refractivity contribution is 1.00. The van der Waals surface area contributed by atoms with Crippen molar-refractivity contribution in [2.24, 2.45) is 5.73 Å². The maximum absolute atomic E-state index is 5.35. The average molecular weight is 173 g/mol. The van der Waals surface area contributed by atoms with Gasteiger partial charge in [0.2, 0.25) is 0 Å². The van der Waals surface area contributed by atoms with E-state index in [1.54, 1.807) is 0 Å². The predicted molar refractivity (Wildman–Crippen MR) is 45.5 cm³/mol. The number of hydrogen-bond acceptors (Lipinski definition) is 4. The van der Waals surface area contributed by atoms with Crippen molar-refractivity contribution in [3.05, 3.63) is 10.8 Å². The highest BCUT2D eigenvalue weighted by Crippen LogP contribution is 2.08. The summed E-state index contributed by atoms with van der Waals surface area (Å²) < 4.78 is 4.08. The van der Waals surface area contributed by atoms with Crippen LogP contribution in [0.5, 0.6) is 0 Å². The molecule has 54 valence electrons. The van der Waals surface area contributed by atoms with E-state index in [1.165, 1.54) is 11.5 Å². The van der Waals surface area contributed by atoms with Gasteiger partial charge < -0.3 is 5.73 Å². The van der Waals surface area contributed by atoms with Crippen LogP contribution in [0.1, 0.15) is 10.8 Å². The molecule has 1 aromatic rings. The summed E-state index contributed by atoms with van der Waals surface area (Å²) in [6.07, 6.45) is 4.51. The third kappa shape index (κ3) is 1.84. The van der Waals surface area contributed by atoms with Crippen molar-refractivity contribution >= 4 is 26.0 Å². The molecular formula is C5H8N3PS. The quantitative estimate of drug-likeness (QED) is 0.690. The largest absolute Gasteiger partial charge is 0.324 e. The third-order valence-electron chi connectivity index (χ3n) is 0.938. The lowest BCUT2D eigenvalue weighted by atomic mass is 10.7. The van der Waals surface area contributed by atoms with E-state index in [0.717, 1.165) is 25.2 Å². The van der Waals surface area contributed by atoms with E-state index in [-0.39, 0.29) is 0 Å². The molecule has 3 nitrogen and oxygen atoms in total. The Morgan fingerprint density at radius 3 is 3.00 bits per heavy atom. The first-order valence-corrected chi connectivity index (χ1v) is 4.84. The summed E-state index contributed by atoms with van der Waals surface area (Å²) in [4.78, 5) is 4.15. The van der Waals surface area contributed by atoms with Crippen LogP contribution in [-0.4, -0.2) is 15.7 Å². The van der Waals surface area contributed by atoms with Gasteiger partial charge in [-0.2, -0.15) is 4.37 Å². The summed E-state index contributed by atoms with van der Waals surface area (Å²) in [6.45, 7) is 0.492. The van der Waals surface area contributed by atoms with Gasteiger partial charge in [-0.15, -0.1) is 8.20 Å². The van der Waals surface area contributed by atoms with Gasteiger partial charge in [-0.25, -0.2) is 4.98 Å². The second kappa shape index (κ2) is 3.76. The van der Waals surface area contributed by atoms with Gasteiger partial charge in [0.25, 0.3) is 0 Å². The van der Waals surface area contributed by atoms with Gasteiger partial charge in [-0.1, -0.05) is 6.30 Å². The first-order chi connectivity index (χ1) is 4.86. The van der Waals surface area contributed by atoms with Crippen LogP contribution in [0.25, 0.3) is 0 Å². The highest BCUT2D eigenvalue weighted by molar-refractivity contribution is 7.35. The molecular weight excluding hydrogens is 165 g/mol. The molecule has 1 heterocycles. The Balaban J connectivity index is 2.67. The minimum Gasteiger partial charge on any atom is -0.324 e. The second-order valence-corrected chi connectivity index (χ2v) is 3.29. The first-order valence-electron chi connectivity index (χ1n) is 2.81. The van der Waals surface area contributed by atoms with E-state index in [0.29, 0.717) is 6.54 Å². The summed E-state index contributed by atoms with van der Waals surface area (Å²) in [7, 11) is 1.06. The molecule has 0 aromatic carbocycles. The highest BCUT2D eigenvalue weighted by atomic mass is 32.1. The molecule has 0 aliphatic carbocycles. The lowest BCUT2D eigenvalue weighted by Gasteiger charge is -1.81. The normalized spacial score (nSPS) is 10.5. The van der Waals surface area contributed by atoms with E-state index in [2.05, 4.69) is 15.7 Å². The van der Waals surface area contributed by atoms with Crippen molar-refractivity contribution < 1.29 is 0 Å². The molecule has 0 aliphatic rings. The minimum atomic E-state index is 0.492. The van der Waals surface area contributed by atoms with Crippen LogP contribution >= 0.6 is 19.7 Å². The molecule has 2 N–H and O–H groups in total. The number of aromatic nitrogens is 2. The second-order valence-electron chi connectivity index (χ2n) is 1.69. The molecule has 0 bridgehead atoms. The van der Waals surface area contributed by atoms with Crippen LogP contribution in [-0.2, 0) is 12.7 Å². The highest BCUT2D eigenvalue weighted by Gasteiger charge is 1.98. The smallest absolute Gasteiger partial charge is 0.150 e. The molecule has 0 unspecified atom stereocenters. The van der Waals surface area contributed by atoms with Gasteiger partial charge in [-0.05, 0) is 11.5 Å². The van der Waals surface area contributed by atoms with E-state index in [1.807, 2.05) is 0 Å². The topological polar surface area (TPSA) is 51.8 Å². The van der Waals surface area contributed by atoms with Crippen molar-refractivity contribution in [2.75, 3.05) is 0 Å². The summed E-state index contributed by atoms with van der Waals surface area (Å²) in [5, 5.41) is 0.902. The van der Waals surface area contributed by atoms with Crippen LogP contribution in [0, 0.1) is 0 Å². The maximum atomic E-state index is 5.35. The van der Waals surface area contributed by atoms with Gasteiger partial charge in [0, 0.05) is 6.54 Å². The van der Waals surface area contributed by atoms with Crippen LogP contribution in [0.15, 0.2) is 0 Å². The number of nitrogens with two attached hydrogens (primary N) is 1. The van der Waals surface area contributed by atoms with Gasteiger partial charge in [0.05, 0.1) is 6.16 Å². The molecule has 5 heteroatoms. The molecule has 0 aliphatic heterocycles. The minimum absolute atomic E-state index is 0.492. The zero-order chi connectivity index (χ0) is 7.40. The zero-order valence-corrected chi connectivity index (χ0v) is 7.16. The fourth-order valence-corrected chi connectivity index (χ4v) is 1.51. The summed E-state index contributed by atoms with van der Waals surface area (Å²) in [5.74, 6) is 0.863. The molecule has 1 aromatic heterocycles. The van der Waals surface area contributed by atoms with Crippen LogP contribution in [0.3, 0.4) is 0 Å². The van der Waals surface area contributed by atoms with Gasteiger partial charge in [0.15, 0.2) is 5.82 Å². The zero-order valence-electron chi connectivity index (χ0n) is 5.45. The summed E-state index contributed by atoms with van der Waals surface area (Å²) in [5.41, 5.74) is 5.35. The Bertz CT molecular complexity index is 222. The van der Waals surface area contributed by atoms with E-state index < -0.39 is 0 Å².